The minimum atomic E-state index is -0.444. The Balaban J connectivity index is 2.33. The first-order valence-corrected chi connectivity index (χ1v) is 5.24. The maximum atomic E-state index is 10.6. The molecule has 1 saturated carbocycles. The Morgan fingerprint density at radius 3 is 2.75 bits per heavy atom. The molecule has 0 radical (unpaired) electrons. The number of non-ortho nitro benzene ring substituents is 1. The summed E-state index contributed by atoms with van der Waals surface area (Å²) in [5, 5.41) is 19.8. The molecule has 0 aromatic heterocycles. The van der Waals surface area contributed by atoms with Crippen LogP contribution in [0.5, 0.6) is 0 Å². The quantitative estimate of drug-likeness (QED) is 0.621. The lowest BCUT2D eigenvalue weighted by Crippen LogP contribution is -2.20. The molecule has 0 unspecified atom stereocenters. The molecule has 1 fully saturated rings. The van der Waals surface area contributed by atoms with E-state index in [1.54, 1.807) is 6.07 Å². The van der Waals surface area contributed by atoms with E-state index in [0.29, 0.717) is 11.6 Å². The number of nitrogens with zero attached hydrogens (tertiary/aromatic N) is 2. The number of aliphatic hydroxyl groups excluding tert-OH is 1. The molecule has 1 N–H and O–H groups in total. The molecule has 0 atom stereocenters. The Morgan fingerprint density at radius 1 is 1.56 bits per heavy atom. The number of nitro benzene ring substituents is 1. The SMILES string of the molecule is CN(c1ccc([N+](=O)[O-])cc1CO)C1CC1. The summed E-state index contributed by atoms with van der Waals surface area (Å²) in [6.07, 6.45) is 2.30. The summed E-state index contributed by atoms with van der Waals surface area (Å²) >= 11 is 0. The lowest BCUT2D eigenvalue weighted by Gasteiger charge is -2.21. The summed E-state index contributed by atoms with van der Waals surface area (Å²) in [6, 6.07) is 5.15. The van der Waals surface area contributed by atoms with Crippen molar-refractivity contribution in [3.8, 4) is 0 Å². The maximum Gasteiger partial charge on any atom is 0.269 e. The molecule has 1 aliphatic carbocycles. The number of benzene rings is 1. The Hall–Kier alpha value is -1.62. The van der Waals surface area contributed by atoms with E-state index in [2.05, 4.69) is 4.90 Å². The molecular weight excluding hydrogens is 208 g/mol. The summed E-state index contributed by atoms with van der Waals surface area (Å²) in [4.78, 5) is 12.2. The van der Waals surface area contributed by atoms with E-state index in [4.69, 9.17) is 0 Å². The first kappa shape index (κ1) is 10.9. The van der Waals surface area contributed by atoms with Crippen LogP contribution < -0.4 is 4.90 Å². The Labute approximate surface area is 93.5 Å². The van der Waals surface area contributed by atoms with Crippen molar-refractivity contribution in [2.45, 2.75) is 25.5 Å². The smallest absolute Gasteiger partial charge is 0.269 e. The molecule has 0 aliphatic heterocycles. The van der Waals surface area contributed by atoms with Gasteiger partial charge in [-0.1, -0.05) is 0 Å². The minimum Gasteiger partial charge on any atom is -0.392 e. The van der Waals surface area contributed by atoms with Crippen LogP contribution in [0, 0.1) is 10.1 Å². The van der Waals surface area contributed by atoms with Gasteiger partial charge < -0.3 is 10.0 Å². The van der Waals surface area contributed by atoms with Crippen molar-refractivity contribution in [1.29, 1.82) is 0 Å². The maximum absolute atomic E-state index is 10.6. The van der Waals surface area contributed by atoms with Gasteiger partial charge in [-0.3, -0.25) is 10.1 Å². The first-order valence-electron chi connectivity index (χ1n) is 5.24. The van der Waals surface area contributed by atoms with Crippen molar-refractivity contribution in [3.05, 3.63) is 33.9 Å². The van der Waals surface area contributed by atoms with Crippen LogP contribution in [-0.2, 0) is 6.61 Å². The van der Waals surface area contributed by atoms with Gasteiger partial charge in [-0.25, -0.2) is 0 Å². The fourth-order valence-corrected chi connectivity index (χ4v) is 1.81. The van der Waals surface area contributed by atoms with E-state index in [9.17, 15) is 15.2 Å². The number of hydrogen-bond acceptors (Lipinski definition) is 4. The summed E-state index contributed by atoms with van der Waals surface area (Å²) in [6.45, 7) is -0.173. The van der Waals surface area contributed by atoms with Crippen LogP contribution in [-0.4, -0.2) is 23.1 Å². The van der Waals surface area contributed by atoms with Gasteiger partial charge in [-0.2, -0.15) is 0 Å². The molecule has 0 saturated heterocycles. The molecule has 2 rings (SSSR count). The molecule has 0 spiro atoms. The zero-order chi connectivity index (χ0) is 11.7. The highest BCUT2D eigenvalue weighted by Gasteiger charge is 2.28. The number of aliphatic hydroxyl groups is 1. The molecular formula is C11H14N2O3. The van der Waals surface area contributed by atoms with Crippen LogP contribution in [0.1, 0.15) is 18.4 Å². The summed E-state index contributed by atoms with van der Waals surface area (Å²) in [7, 11) is 1.96. The number of anilines is 1. The van der Waals surface area contributed by atoms with Crippen molar-refractivity contribution in [2.24, 2.45) is 0 Å². The van der Waals surface area contributed by atoms with Gasteiger partial charge in [0.25, 0.3) is 5.69 Å². The van der Waals surface area contributed by atoms with Gasteiger partial charge in [0.05, 0.1) is 11.5 Å². The number of rotatable bonds is 4. The topological polar surface area (TPSA) is 66.6 Å². The molecule has 16 heavy (non-hydrogen) atoms. The molecule has 1 aromatic carbocycles. The highest BCUT2D eigenvalue weighted by Crippen LogP contribution is 2.33. The summed E-state index contributed by atoms with van der Waals surface area (Å²) < 4.78 is 0. The lowest BCUT2D eigenvalue weighted by molar-refractivity contribution is -0.384. The predicted molar refractivity (Wildman–Crippen MR) is 60.4 cm³/mol. The monoisotopic (exact) mass is 222 g/mol. The number of hydrogen-bond donors (Lipinski definition) is 1. The van der Waals surface area contributed by atoms with Crippen molar-refractivity contribution in [1.82, 2.24) is 0 Å². The molecule has 0 bridgehead atoms. The lowest BCUT2D eigenvalue weighted by atomic mass is 10.1. The van der Waals surface area contributed by atoms with Gasteiger partial charge in [-0.05, 0) is 18.9 Å². The highest BCUT2D eigenvalue weighted by atomic mass is 16.6. The average molecular weight is 222 g/mol. The third-order valence-electron chi connectivity index (χ3n) is 2.92. The van der Waals surface area contributed by atoms with E-state index >= 15 is 0 Å². The molecule has 5 heteroatoms. The second-order valence-corrected chi connectivity index (χ2v) is 4.07. The number of nitro groups is 1. The van der Waals surface area contributed by atoms with Gasteiger partial charge in [0.15, 0.2) is 0 Å². The van der Waals surface area contributed by atoms with E-state index < -0.39 is 4.92 Å². The van der Waals surface area contributed by atoms with Crippen LogP contribution >= 0.6 is 0 Å². The zero-order valence-electron chi connectivity index (χ0n) is 9.09. The van der Waals surface area contributed by atoms with Crippen molar-refractivity contribution in [3.63, 3.8) is 0 Å². The first-order chi connectivity index (χ1) is 7.63. The van der Waals surface area contributed by atoms with Gasteiger partial charge in [0, 0.05) is 36.5 Å². The predicted octanol–water partition coefficient (Wildman–Crippen LogP) is 1.69. The highest BCUT2D eigenvalue weighted by molar-refractivity contribution is 5.58. The second kappa shape index (κ2) is 4.09. The Bertz CT molecular complexity index is 416. The van der Waals surface area contributed by atoms with Crippen molar-refractivity contribution < 1.29 is 10.0 Å². The summed E-state index contributed by atoms with van der Waals surface area (Å²) in [5.41, 5.74) is 1.52. The second-order valence-electron chi connectivity index (χ2n) is 4.07. The van der Waals surface area contributed by atoms with Crippen LogP contribution in [0.25, 0.3) is 0 Å². The minimum absolute atomic E-state index is 0.0250. The molecule has 0 amide bonds. The van der Waals surface area contributed by atoms with E-state index in [1.165, 1.54) is 12.1 Å². The molecule has 5 nitrogen and oxygen atoms in total. The van der Waals surface area contributed by atoms with Crippen molar-refractivity contribution in [2.75, 3.05) is 11.9 Å². The molecule has 0 heterocycles. The summed E-state index contributed by atoms with van der Waals surface area (Å²) in [5.74, 6) is 0. The van der Waals surface area contributed by atoms with E-state index in [0.717, 1.165) is 18.5 Å². The van der Waals surface area contributed by atoms with E-state index in [-0.39, 0.29) is 12.3 Å². The molecule has 1 aromatic rings. The average Bonchev–Trinajstić information content (AvgIpc) is 3.11. The molecule has 1 aliphatic rings. The normalized spacial score (nSPS) is 14.9. The third-order valence-corrected chi connectivity index (χ3v) is 2.92. The van der Waals surface area contributed by atoms with Gasteiger partial charge in [0.2, 0.25) is 0 Å². The zero-order valence-corrected chi connectivity index (χ0v) is 9.09. The largest absolute Gasteiger partial charge is 0.392 e. The third kappa shape index (κ3) is 1.99. The van der Waals surface area contributed by atoms with Gasteiger partial charge in [-0.15, -0.1) is 0 Å². The van der Waals surface area contributed by atoms with Crippen LogP contribution in [0.3, 0.4) is 0 Å². The van der Waals surface area contributed by atoms with Crippen LogP contribution in [0.15, 0.2) is 18.2 Å². The Kier molecular flexibility index (Phi) is 2.78. The van der Waals surface area contributed by atoms with Gasteiger partial charge in [0.1, 0.15) is 0 Å². The fraction of sp³-hybridized carbons (Fsp3) is 0.455. The fourth-order valence-electron chi connectivity index (χ4n) is 1.81. The van der Waals surface area contributed by atoms with Crippen molar-refractivity contribution >= 4 is 11.4 Å². The molecule has 86 valence electrons. The van der Waals surface area contributed by atoms with Crippen LogP contribution in [0.4, 0.5) is 11.4 Å². The van der Waals surface area contributed by atoms with Gasteiger partial charge >= 0.3 is 0 Å². The Morgan fingerprint density at radius 2 is 2.25 bits per heavy atom. The van der Waals surface area contributed by atoms with Crippen LogP contribution in [0.2, 0.25) is 0 Å². The standard InChI is InChI=1S/C11H14N2O3/c1-12(9-2-3-9)11-5-4-10(13(15)16)6-8(11)7-14/h4-6,9,14H,2-3,7H2,1H3. The van der Waals surface area contributed by atoms with E-state index in [1.807, 2.05) is 7.05 Å².